The number of benzene rings is 1. The molecular weight excluding hydrogens is 340 g/mol. The molecule has 0 radical (unpaired) electrons. The Morgan fingerprint density at radius 3 is 2.52 bits per heavy atom. The van der Waals surface area contributed by atoms with E-state index in [9.17, 15) is 9.59 Å². The van der Waals surface area contributed by atoms with E-state index < -0.39 is 0 Å². The highest BCUT2D eigenvalue weighted by molar-refractivity contribution is 6.30. The first kappa shape index (κ1) is 19.7. The number of anilines is 1. The molecule has 2 rings (SSSR count). The molecule has 1 saturated heterocycles. The maximum atomic E-state index is 12.0. The van der Waals surface area contributed by atoms with Crippen LogP contribution in [-0.2, 0) is 9.59 Å². The first-order valence-electron chi connectivity index (χ1n) is 8.83. The quantitative estimate of drug-likeness (QED) is 0.736. The van der Waals surface area contributed by atoms with E-state index in [-0.39, 0.29) is 11.8 Å². The molecule has 1 aromatic carbocycles. The third kappa shape index (κ3) is 7.42. The lowest BCUT2D eigenvalue weighted by atomic mass is 10.2. The molecule has 0 atom stereocenters. The molecular formula is C18H27ClN4O2. The minimum atomic E-state index is -0.0105. The molecule has 25 heavy (non-hydrogen) atoms. The number of rotatable bonds is 8. The number of halogens is 1. The molecule has 0 aromatic heterocycles. The van der Waals surface area contributed by atoms with Gasteiger partial charge in [0.1, 0.15) is 0 Å². The molecule has 0 spiro atoms. The van der Waals surface area contributed by atoms with Crippen LogP contribution in [0.1, 0.15) is 19.8 Å². The molecule has 1 aromatic rings. The van der Waals surface area contributed by atoms with Crippen LogP contribution in [0.15, 0.2) is 24.3 Å². The fraction of sp³-hybridized carbons (Fsp3) is 0.556. The molecule has 0 bridgehead atoms. The molecule has 0 saturated carbocycles. The third-order valence-electron chi connectivity index (χ3n) is 4.17. The summed E-state index contributed by atoms with van der Waals surface area (Å²) in [6.07, 6.45) is 1.40. The van der Waals surface area contributed by atoms with Crippen molar-refractivity contribution in [2.75, 3.05) is 51.1 Å². The highest BCUT2D eigenvalue weighted by Gasteiger charge is 2.19. The number of nitrogens with one attached hydrogen (secondary N) is 2. The van der Waals surface area contributed by atoms with Crippen LogP contribution in [0.25, 0.3) is 0 Å². The molecule has 7 heteroatoms. The number of piperazine rings is 1. The Labute approximate surface area is 154 Å². The van der Waals surface area contributed by atoms with Gasteiger partial charge in [-0.05, 0) is 24.6 Å². The highest BCUT2D eigenvalue weighted by Crippen LogP contribution is 2.15. The second-order valence-corrected chi connectivity index (χ2v) is 6.71. The zero-order valence-corrected chi connectivity index (χ0v) is 15.5. The van der Waals surface area contributed by atoms with Crippen molar-refractivity contribution in [1.29, 1.82) is 0 Å². The summed E-state index contributed by atoms with van der Waals surface area (Å²) in [4.78, 5) is 28.2. The van der Waals surface area contributed by atoms with E-state index in [1.54, 1.807) is 12.1 Å². The van der Waals surface area contributed by atoms with Crippen LogP contribution in [0.4, 0.5) is 5.69 Å². The SMILES string of the molecule is CCCNC(=O)CN1CCN(CCC(=O)Nc2cccc(Cl)c2)CC1. The lowest BCUT2D eigenvalue weighted by Crippen LogP contribution is -2.49. The zero-order chi connectivity index (χ0) is 18.1. The van der Waals surface area contributed by atoms with E-state index >= 15 is 0 Å². The van der Waals surface area contributed by atoms with Gasteiger partial charge in [0.25, 0.3) is 0 Å². The van der Waals surface area contributed by atoms with Crippen LogP contribution in [0, 0.1) is 0 Å². The molecule has 6 nitrogen and oxygen atoms in total. The molecule has 2 N–H and O–H groups in total. The Kier molecular flexibility index (Phi) is 8.18. The molecule has 138 valence electrons. The van der Waals surface area contributed by atoms with Gasteiger partial charge in [-0.25, -0.2) is 0 Å². The van der Waals surface area contributed by atoms with Gasteiger partial charge in [-0.15, -0.1) is 0 Å². The van der Waals surface area contributed by atoms with Gasteiger partial charge in [0, 0.05) is 56.4 Å². The van der Waals surface area contributed by atoms with Crippen molar-refractivity contribution in [1.82, 2.24) is 15.1 Å². The third-order valence-corrected chi connectivity index (χ3v) is 4.40. The standard InChI is InChI=1S/C18H27ClN4O2/c1-2-7-20-18(25)14-23-11-9-22(10-12-23)8-6-17(24)21-16-5-3-4-15(19)13-16/h3-5,13H,2,6-12,14H2,1H3,(H,20,25)(H,21,24). The van der Waals surface area contributed by atoms with Crippen molar-refractivity contribution in [2.45, 2.75) is 19.8 Å². The average Bonchev–Trinajstić information content (AvgIpc) is 2.59. The van der Waals surface area contributed by atoms with Crippen LogP contribution in [-0.4, -0.2) is 67.4 Å². The Hall–Kier alpha value is -1.63. The summed E-state index contributed by atoms with van der Waals surface area (Å²) in [6, 6.07) is 7.15. The van der Waals surface area contributed by atoms with Gasteiger partial charge in [-0.3, -0.25) is 14.5 Å². The van der Waals surface area contributed by atoms with Crippen molar-refractivity contribution in [3.05, 3.63) is 29.3 Å². The van der Waals surface area contributed by atoms with E-state index in [1.807, 2.05) is 19.1 Å². The molecule has 1 aliphatic rings. The summed E-state index contributed by atoms with van der Waals surface area (Å²) in [5.74, 6) is 0.0832. The van der Waals surface area contributed by atoms with Crippen LogP contribution in [0.3, 0.4) is 0 Å². The van der Waals surface area contributed by atoms with Crippen molar-refractivity contribution in [3.8, 4) is 0 Å². The van der Waals surface area contributed by atoms with Crippen LogP contribution in [0.2, 0.25) is 5.02 Å². The number of hydrogen-bond acceptors (Lipinski definition) is 4. The summed E-state index contributed by atoms with van der Waals surface area (Å²) in [5, 5.41) is 6.37. The van der Waals surface area contributed by atoms with Crippen molar-refractivity contribution in [2.24, 2.45) is 0 Å². The van der Waals surface area contributed by atoms with Crippen molar-refractivity contribution in [3.63, 3.8) is 0 Å². The lowest BCUT2D eigenvalue weighted by molar-refractivity contribution is -0.122. The van der Waals surface area contributed by atoms with Gasteiger partial charge in [-0.1, -0.05) is 24.6 Å². The summed E-state index contributed by atoms with van der Waals surface area (Å²) >= 11 is 5.91. The maximum Gasteiger partial charge on any atom is 0.234 e. The number of nitrogens with zero attached hydrogens (tertiary/aromatic N) is 2. The number of amides is 2. The van der Waals surface area contributed by atoms with E-state index in [1.165, 1.54) is 0 Å². The monoisotopic (exact) mass is 366 g/mol. The normalized spacial score (nSPS) is 15.8. The minimum Gasteiger partial charge on any atom is -0.355 e. The van der Waals surface area contributed by atoms with Crippen LogP contribution >= 0.6 is 11.6 Å². The topological polar surface area (TPSA) is 64.7 Å². The second-order valence-electron chi connectivity index (χ2n) is 6.28. The van der Waals surface area contributed by atoms with E-state index in [2.05, 4.69) is 20.4 Å². The maximum absolute atomic E-state index is 12.0. The Morgan fingerprint density at radius 2 is 1.84 bits per heavy atom. The molecule has 1 heterocycles. The summed E-state index contributed by atoms with van der Waals surface area (Å²) in [6.45, 7) is 7.44. The van der Waals surface area contributed by atoms with Crippen LogP contribution in [0.5, 0.6) is 0 Å². The molecule has 0 unspecified atom stereocenters. The number of carbonyl (C=O) groups is 2. The van der Waals surface area contributed by atoms with Crippen molar-refractivity contribution >= 4 is 29.1 Å². The fourth-order valence-electron chi connectivity index (χ4n) is 2.74. The molecule has 1 fully saturated rings. The van der Waals surface area contributed by atoms with Gasteiger partial charge < -0.3 is 15.5 Å². The first-order valence-corrected chi connectivity index (χ1v) is 9.21. The Bertz CT molecular complexity index is 574. The Morgan fingerprint density at radius 1 is 1.12 bits per heavy atom. The van der Waals surface area contributed by atoms with Gasteiger partial charge in [-0.2, -0.15) is 0 Å². The summed E-state index contributed by atoms with van der Waals surface area (Å²) in [7, 11) is 0. The van der Waals surface area contributed by atoms with Gasteiger partial charge in [0.2, 0.25) is 11.8 Å². The van der Waals surface area contributed by atoms with E-state index in [4.69, 9.17) is 11.6 Å². The van der Waals surface area contributed by atoms with Crippen molar-refractivity contribution < 1.29 is 9.59 Å². The summed E-state index contributed by atoms with van der Waals surface area (Å²) in [5.41, 5.74) is 0.723. The average molecular weight is 367 g/mol. The molecule has 2 amide bonds. The van der Waals surface area contributed by atoms with Gasteiger partial charge in [0.05, 0.1) is 6.54 Å². The first-order chi connectivity index (χ1) is 12.1. The highest BCUT2D eigenvalue weighted by atomic mass is 35.5. The minimum absolute atomic E-state index is 0.0105. The predicted octanol–water partition coefficient (Wildman–Crippen LogP) is 1.81. The lowest BCUT2D eigenvalue weighted by Gasteiger charge is -2.34. The smallest absolute Gasteiger partial charge is 0.234 e. The zero-order valence-electron chi connectivity index (χ0n) is 14.8. The van der Waals surface area contributed by atoms with Crippen LogP contribution < -0.4 is 10.6 Å². The van der Waals surface area contributed by atoms with Gasteiger partial charge in [0.15, 0.2) is 0 Å². The predicted molar refractivity (Wildman–Crippen MR) is 101 cm³/mol. The number of hydrogen-bond donors (Lipinski definition) is 2. The van der Waals surface area contributed by atoms with E-state index in [0.29, 0.717) is 18.0 Å². The van der Waals surface area contributed by atoms with E-state index in [0.717, 1.165) is 51.4 Å². The molecule has 1 aliphatic heterocycles. The largest absolute Gasteiger partial charge is 0.355 e. The Balaban J connectivity index is 1.63. The molecule has 0 aliphatic carbocycles. The fourth-order valence-corrected chi connectivity index (χ4v) is 2.93. The van der Waals surface area contributed by atoms with Gasteiger partial charge >= 0.3 is 0 Å². The summed E-state index contributed by atoms with van der Waals surface area (Å²) < 4.78 is 0. The second kappa shape index (κ2) is 10.4. The number of carbonyl (C=O) groups excluding carboxylic acids is 2.